The van der Waals surface area contributed by atoms with Crippen LogP contribution in [-0.4, -0.2) is 46.4 Å². The van der Waals surface area contributed by atoms with Crippen LogP contribution in [0.2, 0.25) is 5.15 Å². The minimum Gasteiger partial charge on any atom is -0.381 e. The van der Waals surface area contributed by atoms with Crippen LogP contribution in [0, 0.1) is 0 Å². The number of hydrogen-bond acceptors (Lipinski definition) is 3. The standard InChI is InChI=1S/C17H26ClF2N3O2/c1-3-4-10-25-11-8-12-7-5-6-9-23(12)17(24)13-14(16(19)20)21-22(2)15(13)18/h12,16H,3-11H2,1-2H3. The maximum absolute atomic E-state index is 13.2. The number of unbranched alkanes of at least 4 members (excludes halogenated alkanes) is 1. The molecule has 1 aliphatic heterocycles. The Morgan fingerprint density at radius 3 is 2.84 bits per heavy atom. The van der Waals surface area contributed by atoms with Crippen LogP contribution >= 0.6 is 11.6 Å². The Hall–Kier alpha value is -1.21. The van der Waals surface area contributed by atoms with Gasteiger partial charge in [-0.1, -0.05) is 24.9 Å². The van der Waals surface area contributed by atoms with Gasteiger partial charge in [0, 0.05) is 32.8 Å². The number of rotatable bonds is 8. The number of likely N-dealkylation sites (tertiary alicyclic amines) is 1. The van der Waals surface area contributed by atoms with Gasteiger partial charge >= 0.3 is 0 Å². The third-order valence-electron chi connectivity index (χ3n) is 4.55. The highest BCUT2D eigenvalue weighted by Crippen LogP contribution is 2.31. The zero-order valence-corrected chi connectivity index (χ0v) is 15.6. The van der Waals surface area contributed by atoms with E-state index in [0.717, 1.165) is 36.8 Å². The van der Waals surface area contributed by atoms with Crippen molar-refractivity contribution < 1.29 is 18.3 Å². The van der Waals surface area contributed by atoms with Crippen LogP contribution in [0.3, 0.4) is 0 Å². The van der Waals surface area contributed by atoms with Crippen LogP contribution in [0.15, 0.2) is 0 Å². The average molecular weight is 378 g/mol. The van der Waals surface area contributed by atoms with E-state index in [1.807, 2.05) is 0 Å². The van der Waals surface area contributed by atoms with Gasteiger partial charge in [0.15, 0.2) is 0 Å². The van der Waals surface area contributed by atoms with E-state index in [2.05, 4.69) is 12.0 Å². The summed E-state index contributed by atoms with van der Waals surface area (Å²) in [6, 6.07) is -0.00956. The van der Waals surface area contributed by atoms with E-state index in [9.17, 15) is 13.6 Å². The molecule has 8 heteroatoms. The maximum Gasteiger partial charge on any atom is 0.283 e. The van der Waals surface area contributed by atoms with Gasteiger partial charge < -0.3 is 9.64 Å². The molecule has 0 spiro atoms. The monoisotopic (exact) mass is 377 g/mol. The van der Waals surface area contributed by atoms with Crippen molar-refractivity contribution in [3.8, 4) is 0 Å². The predicted molar refractivity (Wildman–Crippen MR) is 92.2 cm³/mol. The third-order valence-corrected chi connectivity index (χ3v) is 4.98. The second-order valence-electron chi connectivity index (χ2n) is 6.38. The van der Waals surface area contributed by atoms with Crippen molar-refractivity contribution in [3.63, 3.8) is 0 Å². The Morgan fingerprint density at radius 2 is 2.16 bits per heavy atom. The molecule has 1 aromatic heterocycles. The number of carbonyl (C=O) groups excluding carboxylic acids is 1. The lowest BCUT2D eigenvalue weighted by molar-refractivity contribution is 0.0503. The number of aromatic nitrogens is 2. The number of alkyl halides is 2. The lowest BCUT2D eigenvalue weighted by atomic mass is 9.98. The number of carbonyl (C=O) groups is 1. The van der Waals surface area contributed by atoms with Crippen LogP contribution in [0.4, 0.5) is 8.78 Å². The van der Waals surface area contributed by atoms with E-state index in [1.54, 1.807) is 4.90 Å². The van der Waals surface area contributed by atoms with Crippen LogP contribution in [-0.2, 0) is 11.8 Å². The molecule has 5 nitrogen and oxygen atoms in total. The smallest absolute Gasteiger partial charge is 0.283 e. The molecule has 0 bridgehead atoms. The Labute approximate surface area is 152 Å². The van der Waals surface area contributed by atoms with Gasteiger partial charge in [0.1, 0.15) is 16.4 Å². The van der Waals surface area contributed by atoms with Crippen molar-refractivity contribution in [2.24, 2.45) is 7.05 Å². The lowest BCUT2D eigenvalue weighted by Crippen LogP contribution is -2.44. The number of aryl methyl sites for hydroxylation is 1. The van der Waals surface area contributed by atoms with E-state index in [4.69, 9.17) is 16.3 Å². The van der Waals surface area contributed by atoms with E-state index >= 15 is 0 Å². The number of nitrogens with zero attached hydrogens (tertiary/aromatic N) is 3. The first-order valence-electron chi connectivity index (χ1n) is 8.86. The average Bonchev–Trinajstić information content (AvgIpc) is 2.90. The molecule has 1 unspecified atom stereocenters. The first kappa shape index (κ1) is 20.1. The summed E-state index contributed by atoms with van der Waals surface area (Å²) in [5.41, 5.74) is -0.709. The molecule has 25 heavy (non-hydrogen) atoms. The first-order valence-corrected chi connectivity index (χ1v) is 9.24. The number of amides is 1. The van der Waals surface area contributed by atoms with Gasteiger partial charge in [-0.15, -0.1) is 0 Å². The molecule has 0 aliphatic carbocycles. The van der Waals surface area contributed by atoms with Gasteiger partial charge in [-0.2, -0.15) is 5.10 Å². The lowest BCUT2D eigenvalue weighted by Gasteiger charge is -2.36. The van der Waals surface area contributed by atoms with E-state index in [0.29, 0.717) is 26.2 Å². The van der Waals surface area contributed by atoms with Crippen molar-refractivity contribution in [2.75, 3.05) is 19.8 Å². The summed E-state index contributed by atoms with van der Waals surface area (Å²) in [6.07, 6.45) is 2.69. The van der Waals surface area contributed by atoms with Crippen molar-refractivity contribution in [3.05, 3.63) is 16.4 Å². The van der Waals surface area contributed by atoms with Crippen molar-refractivity contribution in [2.45, 2.75) is 57.9 Å². The minimum absolute atomic E-state index is 0.00956. The molecule has 142 valence electrons. The summed E-state index contributed by atoms with van der Waals surface area (Å²) in [5, 5.41) is 3.67. The zero-order valence-electron chi connectivity index (χ0n) is 14.8. The fourth-order valence-electron chi connectivity index (χ4n) is 3.15. The quantitative estimate of drug-likeness (QED) is 0.637. The van der Waals surface area contributed by atoms with Crippen molar-refractivity contribution in [1.82, 2.24) is 14.7 Å². The number of hydrogen-bond donors (Lipinski definition) is 0. The fraction of sp³-hybridized carbons (Fsp3) is 0.765. The topological polar surface area (TPSA) is 47.4 Å². The Morgan fingerprint density at radius 1 is 1.40 bits per heavy atom. The minimum atomic E-state index is -2.83. The van der Waals surface area contributed by atoms with Gasteiger partial charge in [-0.25, -0.2) is 8.78 Å². The van der Waals surface area contributed by atoms with Crippen LogP contribution in [0.1, 0.15) is 67.9 Å². The molecule has 1 fully saturated rings. The SMILES string of the molecule is CCCCOCCC1CCCCN1C(=O)c1c(C(F)F)nn(C)c1Cl. The first-order chi connectivity index (χ1) is 12.0. The molecule has 1 aliphatic rings. The van der Waals surface area contributed by atoms with Gasteiger partial charge in [0.2, 0.25) is 0 Å². The molecule has 0 radical (unpaired) electrons. The van der Waals surface area contributed by atoms with E-state index in [-0.39, 0.29) is 16.8 Å². The van der Waals surface area contributed by atoms with Gasteiger partial charge in [-0.3, -0.25) is 9.48 Å². The molecular weight excluding hydrogens is 352 g/mol. The summed E-state index contributed by atoms with van der Waals surface area (Å²) in [5.74, 6) is -0.452. The Bertz CT molecular complexity index is 580. The summed E-state index contributed by atoms with van der Waals surface area (Å²) >= 11 is 6.08. The normalized spacial score (nSPS) is 18.2. The van der Waals surface area contributed by atoms with Crippen LogP contribution in [0.25, 0.3) is 0 Å². The second-order valence-corrected chi connectivity index (χ2v) is 6.74. The summed E-state index contributed by atoms with van der Waals surface area (Å²) in [7, 11) is 1.46. The molecule has 1 saturated heterocycles. The summed E-state index contributed by atoms with van der Waals surface area (Å²) in [6.45, 7) is 3.92. The second kappa shape index (κ2) is 9.48. The predicted octanol–water partition coefficient (Wildman–Crippen LogP) is 4.21. The van der Waals surface area contributed by atoms with Gasteiger partial charge in [-0.05, 0) is 32.1 Å². The highest BCUT2D eigenvalue weighted by Gasteiger charge is 2.34. The molecule has 2 heterocycles. The fourth-order valence-corrected chi connectivity index (χ4v) is 3.37. The zero-order chi connectivity index (χ0) is 18.4. The van der Waals surface area contributed by atoms with Gasteiger partial charge in [0.05, 0.1) is 0 Å². The molecule has 0 aromatic carbocycles. The summed E-state index contributed by atoms with van der Waals surface area (Å²) in [4.78, 5) is 14.6. The maximum atomic E-state index is 13.2. The number of piperidine rings is 1. The molecule has 0 N–H and O–H groups in total. The molecule has 1 atom stereocenters. The number of halogens is 3. The summed E-state index contributed by atoms with van der Waals surface area (Å²) < 4.78 is 33.2. The highest BCUT2D eigenvalue weighted by molar-refractivity contribution is 6.33. The van der Waals surface area contributed by atoms with Crippen molar-refractivity contribution in [1.29, 1.82) is 0 Å². The number of ether oxygens (including phenoxy) is 1. The Kier molecular flexibility index (Phi) is 7.62. The Balaban J connectivity index is 2.10. The largest absolute Gasteiger partial charge is 0.381 e. The van der Waals surface area contributed by atoms with Gasteiger partial charge in [0.25, 0.3) is 12.3 Å². The molecule has 1 aromatic rings. The van der Waals surface area contributed by atoms with Crippen LogP contribution in [0.5, 0.6) is 0 Å². The molecular formula is C17H26ClF2N3O2. The van der Waals surface area contributed by atoms with E-state index in [1.165, 1.54) is 7.05 Å². The van der Waals surface area contributed by atoms with Crippen molar-refractivity contribution >= 4 is 17.5 Å². The molecule has 1 amide bonds. The van der Waals surface area contributed by atoms with Crippen LogP contribution < -0.4 is 0 Å². The third kappa shape index (κ3) is 4.91. The van der Waals surface area contributed by atoms with E-state index < -0.39 is 18.0 Å². The molecule has 2 rings (SSSR count). The highest BCUT2D eigenvalue weighted by atomic mass is 35.5. The molecule has 0 saturated carbocycles.